The molecule has 0 aliphatic rings. The molecule has 0 bridgehead atoms. The van der Waals surface area contributed by atoms with E-state index in [1.165, 1.54) is 19.6 Å². The molecule has 0 amide bonds. The van der Waals surface area contributed by atoms with Crippen LogP contribution in [0.4, 0.5) is 0 Å². The Hall–Kier alpha value is -8.42. The Bertz CT molecular complexity index is 4240. The smallest absolute Gasteiger partial charge is 0.163 e. The molecule has 0 unspecified atom stereocenters. The highest BCUT2D eigenvalue weighted by Crippen LogP contribution is 2.37. The fourth-order valence-corrected chi connectivity index (χ4v) is 10.7. The molecule has 7 nitrogen and oxygen atoms in total. The van der Waals surface area contributed by atoms with Crippen LogP contribution in [0.1, 0.15) is 24.7 Å². The van der Waals surface area contributed by atoms with E-state index in [9.17, 15) is 0 Å². The SMILES string of the molecule is [2H]C([2H])([2H])[Si](C)(c1nc(-c2ccccc2)c(-c2ccccc2)c(-c2ccccc2)n1)C([2H])([2H])[2H].[2H]C([2H])([2H])[Si](C)(c1nc(-c2ccccc2)c(-c2ccccc2)nc1-c1ccccc1)C([2H])([2H])[2H].[2H]C([2H])([2H])[Si](C)(c1nc(-c2ccccc2)nc(-c2ccccc2)n1)C([2H])([2H])[2H]. The molecule has 78 heavy (non-hydrogen) atoms. The maximum Gasteiger partial charge on any atom is 0.163 e. The van der Waals surface area contributed by atoms with Gasteiger partial charge in [0.1, 0.15) is 35.1 Å². The van der Waals surface area contributed by atoms with Gasteiger partial charge in [0.2, 0.25) is 0 Å². The molecule has 0 saturated carbocycles. The van der Waals surface area contributed by atoms with E-state index in [0.717, 1.165) is 33.4 Å². The average Bonchev–Trinajstić information content (AvgIpc) is 0.741. The van der Waals surface area contributed by atoms with Gasteiger partial charge in [-0.25, -0.2) is 29.9 Å². The molecular weight excluding hydrogens is 999 g/mol. The first-order chi connectivity index (χ1) is 45.1. The third-order valence-corrected chi connectivity index (χ3v) is 15.7. The van der Waals surface area contributed by atoms with Crippen LogP contribution in [0.15, 0.2) is 243 Å². The molecule has 0 spiro atoms. The molecule has 386 valence electrons. The van der Waals surface area contributed by atoms with Crippen LogP contribution in [0.5, 0.6) is 0 Å². The highest BCUT2D eigenvalue weighted by atomic mass is 28.3. The topological polar surface area (TPSA) is 90.2 Å². The van der Waals surface area contributed by atoms with Gasteiger partial charge in [-0.05, 0) is 5.56 Å². The third-order valence-electron chi connectivity index (χ3n) is 12.2. The molecule has 0 aliphatic carbocycles. The molecule has 11 rings (SSSR count). The Morgan fingerprint density at radius 2 is 0.513 bits per heavy atom. The minimum Gasteiger partial charge on any atom is -0.253 e. The summed E-state index contributed by atoms with van der Waals surface area (Å²) in [6, 6.07) is 74.5. The van der Waals surface area contributed by atoms with Crippen molar-refractivity contribution in [2.45, 2.75) is 58.5 Å². The van der Waals surface area contributed by atoms with Crippen LogP contribution < -0.4 is 16.2 Å². The number of rotatable bonds is 11. The van der Waals surface area contributed by atoms with Crippen molar-refractivity contribution in [3.8, 4) is 90.2 Å². The van der Waals surface area contributed by atoms with Crippen molar-refractivity contribution in [2.75, 3.05) is 0 Å². The number of hydrogen-bond donors (Lipinski definition) is 0. The predicted octanol–water partition coefficient (Wildman–Crippen LogP) is 15.8. The lowest BCUT2D eigenvalue weighted by atomic mass is 9.94. The van der Waals surface area contributed by atoms with Gasteiger partial charge < -0.3 is 0 Å². The van der Waals surface area contributed by atoms with Crippen LogP contribution in [-0.4, -0.2) is 59.1 Å². The van der Waals surface area contributed by atoms with Crippen LogP contribution in [-0.2, 0) is 0 Å². The lowest BCUT2D eigenvalue weighted by molar-refractivity contribution is 1.10. The molecule has 3 heterocycles. The maximum atomic E-state index is 8.30. The average molecular weight is 1080 g/mol. The van der Waals surface area contributed by atoms with Gasteiger partial charge in [0, 0.05) is 74.5 Å². The summed E-state index contributed by atoms with van der Waals surface area (Å²) in [6.07, 6.45) is 0. The second kappa shape index (κ2) is 24.3. The Kier molecular flexibility index (Phi) is 11.2. The minimum absolute atomic E-state index is 0.0669. The quantitative estimate of drug-likeness (QED) is 0.119. The minimum atomic E-state index is -4.22. The Labute approximate surface area is 489 Å². The first-order valence-corrected chi connectivity index (χ1v) is 32.7. The first kappa shape index (κ1) is 35.8. The zero-order valence-corrected chi connectivity index (χ0v) is 46.2. The van der Waals surface area contributed by atoms with Crippen molar-refractivity contribution >= 4 is 40.4 Å². The van der Waals surface area contributed by atoms with Gasteiger partial charge in [0.15, 0.2) is 11.6 Å². The Morgan fingerprint density at radius 3 is 0.846 bits per heavy atom. The second-order valence-electron chi connectivity index (χ2n) is 18.8. The van der Waals surface area contributed by atoms with E-state index in [1.807, 2.05) is 206 Å². The normalized spacial score (nSPS) is 15.8. The summed E-state index contributed by atoms with van der Waals surface area (Å²) >= 11 is 0. The van der Waals surface area contributed by atoms with Crippen molar-refractivity contribution < 1.29 is 24.7 Å². The molecule has 0 N–H and O–H groups in total. The van der Waals surface area contributed by atoms with Crippen LogP contribution in [0.3, 0.4) is 0 Å². The lowest BCUT2D eigenvalue weighted by Crippen LogP contribution is -2.43. The summed E-state index contributed by atoms with van der Waals surface area (Å²) in [4.78, 5) is 32.5. The van der Waals surface area contributed by atoms with E-state index in [0.29, 0.717) is 45.2 Å². The van der Waals surface area contributed by atoms with Crippen LogP contribution in [0.25, 0.3) is 90.2 Å². The fraction of sp³-hybridized carbons (Fsp3) is 0.132. The number of aromatic nitrogens is 7. The van der Waals surface area contributed by atoms with Crippen LogP contribution in [0.2, 0.25) is 58.5 Å². The largest absolute Gasteiger partial charge is 0.253 e. The van der Waals surface area contributed by atoms with Gasteiger partial charge in [-0.15, -0.1) is 0 Å². The van der Waals surface area contributed by atoms with Gasteiger partial charge in [-0.1, -0.05) is 301 Å². The van der Waals surface area contributed by atoms with Crippen molar-refractivity contribution in [1.29, 1.82) is 0 Å². The van der Waals surface area contributed by atoms with Gasteiger partial charge in [-0.2, -0.15) is 0 Å². The van der Waals surface area contributed by atoms with E-state index in [2.05, 4.69) is 15.0 Å². The molecule has 3 aromatic heterocycles. The summed E-state index contributed by atoms with van der Waals surface area (Å²) < 4.78 is 147. The summed E-state index contributed by atoms with van der Waals surface area (Å²) in [6.45, 7) is -12.3. The first-order valence-electron chi connectivity index (χ1n) is 34.2. The summed E-state index contributed by atoms with van der Waals surface area (Å²) in [7, 11) is -12.5. The number of hydrogen-bond acceptors (Lipinski definition) is 7. The van der Waals surface area contributed by atoms with Crippen molar-refractivity contribution in [2.24, 2.45) is 0 Å². The molecule has 0 atom stereocenters. The van der Waals surface area contributed by atoms with Gasteiger partial charge in [0.25, 0.3) is 0 Å². The lowest BCUT2D eigenvalue weighted by Gasteiger charge is -2.22. The predicted molar refractivity (Wildman–Crippen MR) is 336 cm³/mol. The zero-order valence-electron chi connectivity index (χ0n) is 61.2. The molecule has 11 aromatic rings. The maximum absolute atomic E-state index is 8.30. The number of benzene rings is 8. The van der Waals surface area contributed by atoms with E-state index < -0.39 is 63.1 Å². The third kappa shape index (κ3) is 13.4. The summed E-state index contributed by atoms with van der Waals surface area (Å²) in [5.74, 6) is 0.522. The van der Waals surface area contributed by atoms with E-state index >= 15 is 0 Å². The van der Waals surface area contributed by atoms with Crippen molar-refractivity contribution in [3.05, 3.63) is 243 Å². The molecular formula is C68H67N7Si3. The highest BCUT2D eigenvalue weighted by molar-refractivity contribution is 6.89. The molecule has 0 saturated heterocycles. The molecule has 10 heteroatoms. The van der Waals surface area contributed by atoms with Crippen molar-refractivity contribution in [1.82, 2.24) is 34.9 Å². The standard InChI is InChI=1S/2C25H24N2Si.C18H19N3Si/c1-28(2,3)25-24(21-17-11-6-12-18-21)26-22(19-13-7-4-8-14-19)23(27-25)20-15-9-5-10-16-20;1-28(2,3)25-26-23(20-15-9-5-10-16-20)22(19-13-7-4-8-14-19)24(27-25)21-17-11-6-12-18-21;1-22(2,3)18-20-16(14-10-6-4-7-11-14)19-17(21-18)15-12-8-5-9-13-15/h2*4-18H,1-3H3;4-13H,1-3H3/i3*1D3,2D3. The van der Waals surface area contributed by atoms with E-state index in [-0.39, 0.29) is 27.9 Å². The van der Waals surface area contributed by atoms with Gasteiger partial charge >= 0.3 is 0 Å². The molecule has 0 fully saturated rings. The fourth-order valence-electron chi connectivity index (χ4n) is 8.38. The highest BCUT2D eigenvalue weighted by Gasteiger charge is 2.29. The Balaban J connectivity index is 0.000000170. The summed E-state index contributed by atoms with van der Waals surface area (Å²) in [5, 5.41) is 0.0669. The van der Waals surface area contributed by atoms with Crippen LogP contribution >= 0.6 is 0 Å². The van der Waals surface area contributed by atoms with Crippen LogP contribution in [0, 0.1) is 0 Å². The number of nitrogens with zero attached hydrogens (tertiary/aromatic N) is 7. The summed E-state index contributed by atoms with van der Waals surface area (Å²) in [5.41, 5.74) is 8.76. The van der Waals surface area contributed by atoms with E-state index in [1.54, 1.807) is 36.4 Å². The van der Waals surface area contributed by atoms with E-state index in [4.69, 9.17) is 44.6 Å². The Morgan fingerprint density at radius 1 is 0.244 bits per heavy atom. The monoisotopic (exact) mass is 1080 g/mol. The molecule has 0 radical (unpaired) electrons. The van der Waals surface area contributed by atoms with Gasteiger partial charge in [0.05, 0.1) is 28.5 Å². The van der Waals surface area contributed by atoms with Gasteiger partial charge in [-0.3, -0.25) is 4.98 Å². The zero-order chi connectivity index (χ0) is 69.7. The molecule has 0 aliphatic heterocycles. The molecule has 8 aromatic carbocycles. The van der Waals surface area contributed by atoms with Crippen molar-refractivity contribution in [3.63, 3.8) is 0 Å². The second-order valence-corrected chi connectivity index (χ2v) is 27.0.